The van der Waals surface area contributed by atoms with Gasteiger partial charge in [0.15, 0.2) is 0 Å². The van der Waals surface area contributed by atoms with Crippen LogP contribution in [0.25, 0.3) is 0 Å². The third kappa shape index (κ3) is 5.86. The summed E-state index contributed by atoms with van der Waals surface area (Å²) in [6.45, 7) is 10.6. The van der Waals surface area contributed by atoms with Crippen molar-refractivity contribution in [3.8, 4) is 0 Å². The van der Waals surface area contributed by atoms with Crippen molar-refractivity contribution in [3.63, 3.8) is 0 Å². The Bertz CT molecular complexity index is 369. The Morgan fingerprint density at radius 2 is 1.95 bits per heavy atom. The lowest BCUT2D eigenvalue weighted by Gasteiger charge is -2.36. The molecule has 0 spiro atoms. The van der Waals surface area contributed by atoms with Gasteiger partial charge in [0.05, 0.1) is 18.8 Å². The van der Waals surface area contributed by atoms with E-state index in [0.29, 0.717) is 26.0 Å². The van der Waals surface area contributed by atoms with Crippen molar-refractivity contribution in [2.45, 2.75) is 59.1 Å². The zero-order chi connectivity index (χ0) is 17.0. The number of ether oxygens (including phenoxy) is 1. The molecule has 2 unspecified atom stereocenters. The van der Waals surface area contributed by atoms with Gasteiger partial charge in [-0.15, -0.1) is 0 Å². The van der Waals surface area contributed by atoms with Crippen LogP contribution in [0.2, 0.25) is 0 Å². The molecule has 1 saturated heterocycles. The van der Waals surface area contributed by atoms with Gasteiger partial charge in [-0.05, 0) is 37.3 Å². The van der Waals surface area contributed by atoms with Gasteiger partial charge in [0.1, 0.15) is 0 Å². The van der Waals surface area contributed by atoms with E-state index in [1.165, 1.54) is 0 Å². The molecule has 0 aromatic heterocycles. The van der Waals surface area contributed by atoms with Gasteiger partial charge in [-0.25, -0.2) is 0 Å². The van der Waals surface area contributed by atoms with Crippen LogP contribution in [0.3, 0.4) is 0 Å². The zero-order valence-electron chi connectivity index (χ0n) is 15.1. The first-order chi connectivity index (χ1) is 10.1. The number of carbonyl (C=O) groups excluding carboxylic acids is 1. The first-order valence-corrected chi connectivity index (χ1v) is 8.21. The maximum Gasteiger partial charge on any atom is 0.223 e. The second-order valence-electron chi connectivity index (χ2n) is 8.26. The smallest absolute Gasteiger partial charge is 0.223 e. The summed E-state index contributed by atoms with van der Waals surface area (Å²) in [7, 11) is 3.60. The number of rotatable bonds is 8. The Morgan fingerprint density at radius 3 is 2.50 bits per heavy atom. The summed E-state index contributed by atoms with van der Waals surface area (Å²) >= 11 is 0. The molecule has 0 aromatic carbocycles. The van der Waals surface area contributed by atoms with Crippen LogP contribution in [0.5, 0.6) is 0 Å². The highest BCUT2D eigenvalue weighted by Gasteiger charge is 2.37. The molecule has 1 heterocycles. The molecular formula is C17H34N2O3. The third-order valence-corrected chi connectivity index (χ3v) is 4.31. The average molecular weight is 314 g/mol. The number of carbonyl (C=O) groups is 1. The minimum atomic E-state index is -0.423. The van der Waals surface area contributed by atoms with E-state index < -0.39 is 6.10 Å². The molecule has 0 aliphatic carbocycles. The van der Waals surface area contributed by atoms with Gasteiger partial charge in [-0.2, -0.15) is 0 Å². The SMILES string of the molecule is CNCC(C)(C)CC(C)(C)CC(=O)N1CC(O)CC1COC. The number of nitrogens with one attached hydrogen (secondary N) is 1. The van der Waals surface area contributed by atoms with Crippen molar-refractivity contribution >= 4 is 5.91 Å². The number of hydrogen-bond donors (Lipinski definition) is 2. The first kappa shape index (κ1) is 19.4. The van der Waals surface area contributed by atoms with Crippen LogP contribution in [0.1, 0.15) is 47.0 Å². The lowest BCUT2D eigenvalue weighted by Crippen LogP contribution is -2.41. The number of amides is 1. The molecule has 5 nitrogen and oxygen atoms in total. The van der Waals surface area contributed by atoms with Crippen molar-refractivity contribution in [1.82, 2.24) is 10.2 Å². The zero-order valence-corrected chi connectivity index (χ0v) is 15.1. The van der Waals surface area contributed by atoms with E-state index in [9.17, 15) is 9.90 Å². The molecule has 0 radical (unpaired) electrons. The van der Waals surface area contributed by atoms with Crippen molar-refractivity contribution in [2.24, 2.45) is 10.8 Å². The monoisotopic (exact) mass is 314 g/mol. The second kappa shape index (κ2) is 7.75. The molecular weight excluding hydrogens is 280 g/mol. The highest BCUT2D eigenvalue weighted by molar-refractivity contribution is 5.77. The molecule has 1 aliphatic heterocycles. The molecule has 2 N–H and O–H groups in total. The van der Waals surface area contributed by atoms with E-state index in [1.807, 2.05) is 7.05 Å². The number of β-amino-alcohol motifs (C(OH)–C–C–N with tert-alkyl or cyclic N) is 1. The predicted molar refractivity (Wildman–Crippen MR) is 88.7 cm³/mol. The summed E-state index contributed by atoms with van der Waals surface area (Å²) < 4.78 is 5.18. The third-order valence-electron chi connectivity index (χ3n) is 4.31. The Balaban J connectivity index is 2.65. The van der Waals surface area contributed by atoms with Crippen LogP contribution in [-0.4, -0.2) is 61.9 Å². The van der Waals surface area contributed by atoms with Gasteiger partial charge >= 0.3 is 0 Å². The Hall–Kier alpha value is -0.650. The number of nitrogens with zero attached hydrogens (tertiary/aromatic N) is 1. The van der Waals surface area contributed by atoms with Crippen molar-refractivity contribution in [2.75, 3.05) is 33.9 Å². The van der Waals surface area contributed by atoms with Gasteiger partial charge < -0.3 is 20.1 Å². The molecule has 1 aliphatic rings. The largest absolute Gasteiger partial charge is 0.391 e. The normalized spacial score (nSPS) is 23.1. The topological polar surface area (TPSA) is 61.8 Å². The summed E-state index contributed by atoms with van der Waals surface area (Å²) in [4.78, 5) is 14.5. The van der Waals surface area contributed by atoms with E-state index >= 15 is 0 Å². The molecule has 1 fully saturated rings. The second-order valence-corrected chi connectivity index (χ2v) is 8.26. The number of aliphatic hydroxyl groups excluding tert-OH is 1. The minimum absolute atomic E-state index is 0.00798. The number of likely N-dealkylation sites (tertiary alicyclic amines) is 1. The van der Waals surface area contributed by atoms with Crippen LogP contribution >= 0.6 is 0 Å². The van der Waals surface area contributed by atoms with E-state index in [2.05, 4.69) is 33.0 Å². The van der Waals surface area contributed by atoms with Gasteiger partial charge in [0.2, 0.25) is 5.91 Å². The molecule has 1 rings (SSSR count). The van der Waals surface area contributed by atoms with E-state index in [4.69, 9.17) is 4.74 Å². The highest BCUT2D eigenvalue weighted by atomic mass is 16.5. The number of hydrogen-bond acceptors (Lipinski definition) is 4. The summed E-state index contributed by atoms with van der Waals surface area (Å²) in [6, 6.07) is 0.00798. The van der Waals surface area contributed by atoms with Gasteiger partial charge in [-0.1, -0.05) is 27.7 Å². The summed E-state index contributed by atoms with van der Waals surface area (Å²) in [5.74, 6) is 0.129. The maximum absolute atomic E-state index is 12.7. The summed E-state index contributed by atoms with van der Waals surface area (Å²) in [5.41, 5.74) is 0.0809. The number of methoxy groups -OCH3 is 1. The Kier molecular flexibility index (Phi) is 6.84. The fourth-order valence-electron chi connectivity index (χ4n) is 3.96. The predicted octanol–water partition coefficient (Wildman–Crippen LogP) is 1.65. The minimum Gasteiger partial charge on any atom is -0.391 e. The van der Waals surface area contributed by atoms with Gasteiger partial charge in [0.25, 0.3) is 0 Å². The quantitative estimate of drug-likeness (QED) is 0.715. The lowest BCUT2D eigenvalue weighted by molar-refractivity contribution is -0.135. The standard InChI is InChI=1S/C17H34N2O3/c1-16(2,11-17(3,4)12-18-5)8-15(21)19-9-14(20)7-13(19)10-22-6/h13-14,18,20H,7-12H2,1-6H3. The van der Waals surface area contributed by atoms with Crippen LogP contribution < -0.4 is 5.32 Å². The van der Waals surface area contributed by atoms with Crippen LogP contribution in [0, 0.1) is 10.8 Å². The fraction of sp³-hybridized carbons (Fsp3) is 0.941. The average Bonchev–Trinajstić information content (AvgIpc) is 2.68. The summed E-state index contributed by atoms with van der Waals surface area (Å²) in [5, 5.41) is 13.1. The van der Waals surface area contributed by atoms with Crippen LogP contribution in [-0.2, 0) is 9.53 Å². The number of aliphatic hydroxyl groups is 1. The Labute approximate surface area is 135 Å². The van der Waals surface area contributed by atoms with Crippen molar-refractivity contribution in [1.29, 1.82) is 0 Å². The van der Waals surface area contributed by atoms with Crippen LogP contribution in [0.15, 0.2) is 0 Å². The van der Waals surface area contributed by atoms with E-state index in [-0.39, 0.29) is 22.8 Å². The van der Waals surface area contributed by atoms with Crippen LogP contribution in [0.4, 0.5) is 0 Å². The lowest BCUT2D eigenvalue weighted by atomic mass is 9.73. The molecule has 2 atom stereocenters. The molecule has 0 bridgehead atoms. The molecule has 22 heavy (non-hydrogen) atoms. The first-order valence-electron chi connectivity index (χ1n) is 8.21. The molecule has 1 amide bonds. The summed E-state index contributed by atoms with van der Waals surface area (Å²) in [6.07, 6.45) is 1.67. The highest BCUT2D eigenvalue weighted by Crippen LogP contribution is 2.37. The molecule has 130 valence electrons. The molecule has 0 saturated carbocycles. The molecule has 0 aromatic rings. The van der Waals surface area contributed by atoms with Crippen molar-refractivity contribution in [3.05, 3.63) is 0 Å². The molecule has 5 heteroatoms. The van der Waals surface area contributed by atoms with E-state index in [0.717, 1.165) is 13.0 Å². The van der Waals surface area contributed by atoms with Gasteiger partial charge in [-0.3, -0.25) is 4.79 Å². The fourth-order valence-corrected chi connectivity index (χ4v) is 3.96. The maximum atomic E-state index is 12.7. The Morgan fingerprint density at radius 1 is 1.32 bits per heavy atom. The van der Waals surface area contributed by atoms with Crippen molar-refractivity contribution < 1.29 is 14.6 Å². The van der Waals surface area contributed by atoms with Gasteiger partial charge in [0, 0.05) is 20.1 Å². The van der Waals surface area contributed by atoms with E-state index in [1.54, 1.807) is 12.0 Å².